The van der Waals surface area contributed by atoms with Crippen LogP contribution in [0.3, 0.4) is 0 Å². The quantitative estimate of drug-likeness (QED) is 0.0808. The second-order valence-electron chi connectivity index (χ2n) is 15.0. The van der Waals surface area contributed by atoms with Gasteiger partial charge < -0.3 is 35.7 Å². The monoisotopic (exact) mass is 708 g/mol. The van der Waals surface area contributed by atoms with Gasteiger partial charge in [0.05, 0.1) is 43.4 Å². The molecule has 4 rings (SSSR count). The van der Waals surface area contributed by atoms with E-state index in [-0.39, 0.29) is 12.1 Å². The summed E-state index contributed by atoms with van der Waals surface area (Å²) in [5.74, 6) is 2.49. The molecule has 1 aliphatic rings. The van der Waals surface area contributed by atoms with Gasteiger partial charge in [0.2, 0.25) is 5.91 Å². The summed E-state index contributed by atoms with van der Waals surface area (Å²) in [6, 6.07) is 8.23. The number of benzene rings is 1. The van der Waals surface area contributed by atoms with Gasteiger partial charge in [0.1, 0.15) is 11.3 Å². The predicted octanol–water partition coefficient (Wildman–Crippen LogP) is 7.60. The number of unbranched alkanes of at least 4 members (excludes halogenated alkanes) is 2. The molecule has 0 saturated heterocycles. The number of rotatable bonds is 20. The highest BCUT2D eigenvalue weighted by Crippen LogP contribution is 2.30. The topological polar surface area (TPSA) is 134 Å². The number of amides is 1. The van der Waals surface area contributed by atoms with Gasteiger partial charge in [0.15, 0.2) is 5.82 Å². The van der Waals surface area contributed by atoms with Gasteiger partial charge in [0.25, 0.3) is 0 Å². The summed E-state index contributed by atoms with van der Waals surface area (Å²) in [7, 11) is 2.18. The van der Waals surface area contributed by atoms with E-state index in [4.69, 9.17) is 25.9 Å². The van der Waals surface area contributed by atoms with Gasteiger partial charge in [-0.1, -0.05) is 96.3 Å². The van der Waals surface area contributed by atoms with Crippen molar-refractivity contribution in [1.29, 1.82) is 0 Å². The van der Waals surface area contributed by atoms with E-state index in [9.17, 15) is 4.79 Å². The van der Waals surface area contributed by atoms with Crippen molar-refractivity contribution in [1.82, 2.24) is 24.8 Å². The SMILES string of the molecule is CCCCc1nc2c(N)nc3ccccc3c2n1CCCCN(C)CCCOCCOCCC(=O)NC(N)C1CCCCCCCCCCC1C. The second-order valence-corrected chi connectivity index (χ2v) is 15.0. The van der Waals surface area contributed by atoms with Crippen LogP contribution in [0.1, 0.15) is 122 Å². The van der Waals surface area contributed by atoms with Gasteiger partial charge >= 0.3 is 0 Å². The van der Waals surface area contributed by atoms with Gasteiger partial charge in [-0.25, -0.2) is 9.97 Å². The van der Waals surface area contributed by atoms with Crippen molar-refractivity contribution < 1.29 is 14.3 Å². The van der Waals surface area contributed by atoms with Crippen molar-refractivity contribution in [3.05, 3.63) is 30.1 Å². The Morgan fingerprint density at radius 1 is 0.922 bits per heavy atom. The highest BCUT2D eigenvalue weighted by Gasteiger charge is 2.25. The summed E-state index contributed by atoms with van der Waals surface area (Å²) in [5.41, 5.74) is 15.8. The fourth-order valence-corrected chi connectivity index (χ4v) is 7.66. The number of carbonyl (C=O) groups is 1. The van der Waals surface area contributed by atoms with Crippen LogP contribution < -0.4 is 16.8 Å². The molecule has 1 amide bonds. The average molecular weight is 708 g/mol. The first-order chi connectivity index (χ1) is 24.9. The number of aryl methyl sites for hydroxylation is 2. The largest absolute Gasteiger partial charge is 0.382 e. The summed E-state index contributed by atoms with van der Waals surface area (Å²) >= 11 is 0. The molecule has 1 saturated carbocycles. The summed E-state index contributed by atoms with van der Waals surface area (Å²) in [5, 5.41) is 4.21. The van der Waals surface area contributed by atoms with Crippen LogP contribution in [-0.2, 0) is 27.2 Å². The van der Waals surface area contributed by atoms with E-state index < -0.39 is 0 Å². The molecule has 1 fully saturated rings. The maximum absolute atomic E-state index is 12.6. The molecule has 2 heterocycles. The Morgan fingerprint density at radius 3 is 2.37 bits per heavy atom. The minimum atomic E-state index is -0.282. The van der Waals surface area contributed by atoms with E-state index in [0.29, 0.717) is 50.5 Å². The molecule has 0 radical (unpaired) electrons. The summed E-state index contributed by atoms with van der Waals surface area (Å²) in [6.07, 6.45) is 19.2. The zero-order chi connectivity index (χ0) is 36.3. The van der Waals surface area contributed by atoms with Gasteiger partial charge in [-0.2, -0.15) is 0 Å². The smallest absolute Gasteiger partial charge is 0.223 e. The van der Waals surface area contributed by atoms with Gasteiger partial charge in [0, 0.05) is 31.5 Å². The number of fused-ring (bicyclic) bond motifs is 3. The third-order valence-electron chi connectivity index (χ3n) is 10.8. The maximum Gasteiger partial charge on any atom is 0.223 e. The number of hydrogen-bond donors (Lipinski definition) is 3. The van der Waals surface area contributed by atoms with Crippen molar-refractivity contribution in [3.8, 4) is 0 Å². The Kier molecular flexibility index (Phi) is 18.5. The Morgan fingerprint density at radius 2 is 1.61 bits per heavy atom. The van der Waals surface area contributed by atoms with Crippen LogP contribution in [0.2, 0.25) is 0 Å². The summed E-state index contributed by atoms with van der Waals surface area (Å²) in [6.45, 7) is 9.61. The number of para-hydroxylation sites is 1. The van der Waals surface area contributed by atoms with E-state index in [1.165, 1.54) is 57.8 Å². The molecular formula is C41H69N7O3. The lowest BCUT2D eigenvalue weighted by Crippen LogP contribution is -2.49. The Hall–Kier alpha value is -2.79. The van der Waals surface area contributed by atoms with Gasteiger partial charge in [-0.05, 0) is 63.6 Å². The number of nitrogen functional groups attached to an aromatic ring is 1. The second kappa shape index (κ2) is 23.0. The number of hydrogen-bond acceptors (Lipinski definition) is 8. The molecule has 10 nitrogen and oxygen atoms in total. The van der Waals surface area contributed by atoms with Crippen LogP contribution in [-0.4, -0.2) is 78.1 Å². The average Bonchev–Trinajstić information content (AvgIpc) is 3.49. The number of nitrogens with two attached hydrogens (primary N) is 2. The number of pyridine rings is 1. The standard InChI is InChI=1S/C41H69N7O3/c1-4-5-23-36-45-38-39(34-21-14-15-22-35(34)44-41(38)43)48(36)27-17-16-25-47(3)26-18-28-50-30-31-51-29-24-37(49)46-40(42)33-20-13-11-9-7-6-8-10-12-19-32(33)2/h14-15,21-22,32-33,40H,4-13,16-20,23-31,42H2,1-3H3,(H2,43,44)(H,46,49). The number of aromatic nitrogens is 3. The van der Waals surface area contributed by atoms with Crippen LogP contribution in [0.15, 0.2) is 24.3 Å². The van der Waals surface area contributed by atoms with E-state index in [0.717, 1.165) is 92.3 Å². The van der Waals surface area contributed by atoms with Crippen LogP contribution >= 0.6 is 0 Å². The third-order valence-corrected chi connectivity index (χ3v) is 10.8. The molecule has 0 aliphatic heterocycles. The molecule has 1 aromatic carbocycles. The van der Waals surface area contributed by atoms with Crippen LogP contribution in [0.5, 0.6) is 0 Å². The number of ether oxygens (including phenoxy) is 2. The molecule has 3 unspecified atom stereocenters. The van der Waals surface area contributed by atoms with Crippen molar-refractivity contribution in [2.45, 2.75) is 136 Å². The first kappa shape index (κ1) is 41.0. The highest BCUT2D eigenvalue weighted by molar-refractivity contribution is 6.06. The molecule has 3 aromatic rings. The van der Waals surface area contributed by atoms with Crippen LogP contribution in [0, 0.1) is 11.8 Å². The molecule has 0 spiro atoms. The predicted molar refractivity (Wildman–Crippen MR) is 211 cm³/mol. The Bertz CT molecular complexity index is 1430. The normalized spacial score (nSPS) is 18.5. The van der Waals surface area contributed by atoms with Crippen molar-refractivity contribution in [2.75, 3.05) is 52.3 Å². The van der Waals surface area contributed by atoms with E-state index in [1.807, 2.05) is 12.1 Å². The molecular weight excluding hydrogens is 638 g/mol. The fourth-order valence-electron chi connectivity index (χ4n) is 7.66. The first-order valence-corrected chi connectivity index (χ1v) is 20.3. The van der Waals surface area contributed by atoms with Crippen molar-refractivity contribution in [3.63, 3.8) is 0 Å². The zero-order valence-corrected chi connectivity index (χ0v) is 32.2. The molecule has 1 aliphatic carbocycles. The minimum absolute atomic E-state index is 0.0180. The first-order valence-electron chi connectivity index (χ1n) is 20.3. The number of nitrogens with one attached hydrogen (secondary N) is 1. The van der Waals surface area contributed by atoms with E-state index in [1.54, 1.807) is 0 Å². The van der Waals surface area contributed by atoms with Gasteiger partial charge in [-0.15, -0.1) is 0 Å². The van der Waals surface area contributed by atoms with Gasteiger partial charge in [-0.3, -0.25) is 4.79 Å². The number of anilines is 1. The minimum Gasteiger partial charge on any atom is -0.382 e. The van der Waals surface area contributed by atoms with Crippen LogP contribution in [0.4, 0.5) is 5.82 Å². The fraction of sp³-hybridized carbons (Fsp3) is 0.732. The van der Waals surface area contributed by atoms with Crippen molar-refractivity contribution >= 4 is 33.7 Å². The molecule has 0 bridgehead atoms. The number of imidazole rings is 1. The molecule has 286 valence electrons. The van der Waals surface area contributed by atoms with Crippen molar-refractivity contribution in [2.24, 2.45) is 17.6 Å². The molecule has 10 heteroatoms. The van der Waals surface area contributed by atoms with E-state index >= 15 is 0 Å². The molecule has 2 aromatic heterocycles. The maximum atomic E-state index is 12.6. The lowest BCUT2D eigenvalue weighted by Gasteiger charge is -2.30. The lowest BCUT2D eigenvalue weighted by atomic mass is 9.82. The third kappa shape index (κ3) is 13.6. The molecule has 5 N–H and O–H groups in total. The number of carbonyl (C=O) groups excluding carboxylic acids is 1. The zero-order valence-electron chi connectivity index (χ0n) is 32.2. The molecule has 3 atom stereocenters. The Labute approximate surface area is 307 Å². The van der Waals surface area contributed by atoms with E-state index in [2.05, 4.69) is 52.8 Å². The number of nitrogens with zero attached hydrogens (tertiary/aromatic N) is 4. The highest BCUT2D eigenvalue weighted by atomic mass is 16.5. The lowest BCUT2D eigenvalue weighted by molar-refractivity contribution is -0.123. The Balaban J connectivity index is 1.06. The summed E-state index contributed by atoms with van der Waals surface area (Å²) in [4.78, 5) is 24.6. The molecule has 51 heavy (non-hydrogen) atoms. The van der Waals surface area contributed by atoms with Crippen LogP contribution in [0.25, 0.3) is 21.9 Å². The summed E-state index contributed by atoms with van der Waals surface area (Å²) < 4.78 is 13.9.